The summed E-state index contributed by atoms with van der Waals surface area (Å²) < 4.78 is 0. The monoisotopic (exact) mass is 245 g/mol. The second kappa shape index (κ2) is 5.41. The van der Waals surface area contributed by atoms with Gasteiger partial charge < -0.3 is 5.11 Å². The number of benzene rings is 1. The van der Waals surface area contributed by atoms with E-state index in [0.717, 1.165) is 25.8 Å². The largest absolute Gasteiger partial charge is 0.393 e. The summed E-state index contributed by atoms with van der Waals surface area (Å²) in [4.78, 5) is 2.67. The first-order valence-corrected chi connectivity index (χ1v) is 7.30. The lowest BCUT2D eigenvalue weighted by molar-refractivity contribution is -0.0255. The predicted octanol–water partition coefficient (Wildman–Crippen LogP) is 2.61. The standard InChI is InChI=1S/C16H23NO/c18-16-11-14-7-4-8-15(12-16)17(14)10-9-13-5-2-1-3-6-13/h1-3,5-6,14-16,18H,4,7-12H2. The molecule has 0 aromatic heterocycles. The van der Waals surface area contributed by atoms with Crippen molar-refractivity contribution in [2.24, 2.45) is 0 Å². The minimum atomic E-state index is -0.0479. The molecule has 0 amide bonds. The Bertz CT molecular complexity index is 364. The second-order valence-electron chi connectivity index (χ2n) is 5.84. The van der Waals surface area contributed by atoms with E-state index < -0.39 is 0 Å². The average Bonchev–Trinajstić information content (AvgIpc) is 2.37. The maximum atomic E-state index is 9.89. The zero-order valence-corrected chi connectivity index (χ0v) is 11.0. The van der Waals surface area contributed by atoms with Crippen molar-refractivity contribution in [2.75, 3.05) is 6.54 Å². The molecule has 1 N–H and O–H groups in total. The Hall–Kier alpha value is -0.860. The van der Waals surface area contributed by atoms with Crippen LogP contribution in [0.3, 0.4) is 0 Å². The Balaban J connectivity index is 1.62. The van der Waals surface area contributed by atoms with E-state index in [1.165, 1.54) is 24.8 Å². The first-order valence-electron chi connectivity index (χ1n) is 7.30. The zero-order valence-electron chi connectivity index (χ0n) is 11.0. The molecule has 2 saturated heterocycles. The minimum absolute atomic E-state index is 0.0479. The number of rotatable bonds is 3. The molecule has 0 radical (unpaired) electrons. The molecule has 1 aromatic rings. The highest BCUT2D eigenvalue weighted by atomic mass is 16.3. The number of aliphatic hydroxyl groups excluding tert-OH is 1. The summed E-state index contributed by atoms with van der Waals surface area (Å²) >= 11 is 0. The van der Waals surface area contributed by atoms with Gasteiger partial charge in [-0.3, -0.25) is 4.90 Å². The molecule has 0 aliphatic carbocycles. The third-order valence-corrected chi connectivity index (χ3v) is 4.60. The maximum absolute atomic E-state index is 9.89. The van der Waals surface area contributed by atoms with Crippen LogP contribution in [0, 0.1) is 0 Å². The fraction of sp³-hybridized carbons (Fsp3) is 0.625. The summed E-state index contributed by atoms with van der Waals surface area (Å²) in [5.74, 6) is 0. The Morgan fingerprint density at radius 1 is 1.06 bits per heavy atom. The van der Waals surface area contributed by atoms with Crippen LogP contribution in [0.5, 0.6) is 0 Å². The van der Waals surface area contributed by atoms with Crippen LogP contribution in [0.15, 0.2) is 30.3 Å². The van der Waals surface area contributed by atoms with Crippen molar-refractivity contribution in [2.45, 2.75) is 56.7 Å². The minimum Gasteiger partial charge on any atom is -0.393 e. The van der Waals surface area contributed by atoms with E-state index in [1.54, 1.807) is 0 Å². The van der Waals surface area contributed by atoms with Crippen molar-refractivity contribution in [3.8, 4) is 0 Å². The van der Waals surface area contributed by atoms with Crippen LogP contribution < -0.4 is 0 Å². The summed E-state index contributed by atoms with van der Waals surface area (Å²) in [6.45, 7) is 1.16. The molecule has 1 aromatic carbocycles. The summed E-state index contributed by atoms with van der Waals surface area (Å²) in [6.07, 6.45) is 6.99. The SMILES string of the molecule is OC1CC2CCCC(C1)N2CCc1ccccc1. The summed E-state index contributed by atoms with van der Waals surface area (Å²) in [5, 5.41) is 9.89. The van der Waals surface area contributed by atoms with E-state index in [4.69, 9.17) is 0 Å². The van der Waals surface area contributed by atoms with Gasteiger partial charge in [0.15, 0.2) is 0 Å². The Morgan fingerprint density at radius 2 is 1.72 bits per heavy atom. The average molecular weight is 245 g/mol. The van der Waals surface area contributed by atoms with Crippen molar-refractivity contribution < 1.29 is 5.11 Å². The van der Waals surface area contributed by atoms with Crippen LogP contribution in [-0.2, 0) is 6.42 Å². The fourth-order valence-electron chi connectivity index (χ4n) is 3.72. The van der Waals surface area contributed by atoms with Crippen LogP contribution >= 0.6 is 0 Å². The lowest BCUT2D eigenvalue weighted by atomic mass is 9.83. The topological polar surface area (TPSA) is 23.5 Å². The van der Waals surface area contributed by atoms with Crippen LogP contribution in [0.2, 0.25) is 0 Å². The van der Waals surface area contributed by atoms with Crippen molar-refractivity contribution in [1.82, 2.24) is 4.90 Å². The van der Waals surface area contributed by atoms with E-state index in [0.29, 0.717) is 12.1 Å². The molecule has 2 heteroatoms. The lowest BCUT2D eigenvalue weighted by Crippen LogP contribution is -2.53. The molecule has 2 aliphatic rings. The normalized spacial score (nSPS) is 32.4. The number of hydrogen-bond donors (Lipinski definition) is 1. The molecule has 2 aliphatic heterocycles. The molecule has 2 unspecified atom stereocenters. The molecular formula is C16H23NO. The van der Waals surface area contributed by atoms with E-state index in [-0.39, 0.29) is 6.10 Å². The van der Waals surface area contributed by atoms with Gasteiger partial charge in [-0.25, -0.2) is 0 Å². The molecule has 0 spiro atoms. The highest BCUT2D eigenvalue weighted by Crippen LogP contribution is 2.33. The molecule has 2 nitrogen and oxygen atoms in total. The van der Waals surface area contributed by atoms with Crippen molar-refractivity contribution in [3.63, 3.8) is 0 Å². The van der Waals surface area contributed by atoms with Crippen molar-refractivity contribution >= 4 is 0 Å². The Morgan fingerprint density at radius 3 is 2.39 bits per heavy atom. The number of aliphatic hydroxyl groups is 1. The Kier molecular flexibility index (Phi) is 3.67. The highest BCUT2D eigenvalue weighted by molar-refractivity contribution is 5.15. The number of nitrogens with zero attached hydrogens (tertiary/aromatic N) is 1. The molecular weight excluding hydrogens is 222 g/mol. The highest BCUT2D eigenvalue weighted by Gasteiger charge is 2.36. The number of piperidine rings is 2. The van der Waals surface area contributed by atoms with Gasteiger partial charge >= 0.3 is 0 Å². The smallest absolute Gasteiger partial charge is 0.0570 e. The van der Waals surface area contributed by atoms with E-state index in [1.807, 2.05) is 0 Å². The van der Waals surface area contributed by atoms with Gasteiger partial charge in [-0.1, -0.05) is 36.8 Å². The molecule has 2 atom stereocenters. The van der Waals surface area contributed by atoms with Crippen molar-refractivity contribution in [1.29, 1.82) is 0 Å². The van der Waals surface area contributed by atoms with Gasteiger partial charge in [-0.2, -0.15) is 0 Å². The van der Waals surface area contributed by atoms with E-state index >= 15 is 0 Å². The van der Waals surface area contributed by atoms with E-state index in [2.05, 4.69) is 35.2 Å². The lowest BCUT2D eigenvalue weighted by Gasteiger charge is -2.48. The van der Waals surface area contributed by atoms with Gasteiger partial charge in [-0.15, -0.1) is 0 Å². The molecule has 98 valence electrons. The van der Waals surface area contributed by atoms with Crippen LogP contribution in [0.4, 0.5) is 0 Å². The summed E-state index contributed by atoms with van der Waals surface area (Å²) in [5.41, 5.74) is 1.43. The number of fused-ring (bicyclic) bond motifs is 2. The molecule has 18 heavy (non-hydrogen) atoms. The fourth-order valence-corrected chi connectivity index (χ4v) is 3.72. The molecule has 3 rings (SSSR count). The van der Waals surface area contributed by atoms with Gasteiger partial charge in [0.05, 0.1) is 6.10 Å². The van der Waals surface area contributed by atoms with Gasteiger partial charge in [0, 0.05) is 18.6 Å². The first-order chi connectivity index (χ1) is 8.83. The predicted molar refractivity (Wildman–Crippen MR) is 73.5 cm³/mol. The quantitative estimate of drug-likeness (QED) is 0.885. The second-order valence-corrected chi connectivity index (χ2v) is 5.84. The summed E-state index contributed by atoms with van der Waals surface area (Å²) in [7, 11) is 0. The zero-order chi connectivity index (χ0) is 12.4. The Labute approximate surface area is 110 Å². The number of hydrogen-bond acceptors (Lipinski definition) is 2. The van der Waals surface area contributed by atoms with Gasteiger partial charge in [0.2, 0.25) is 0 Å². The molecule has 0 saturated carbocycles. The van der Waals surface area contributed by atoms with Crippen molar-refractivity contribution in [3.05, 3.63) is 35.9 Å². The van der Waals surface area contributed by atoms with Gasteiger partial charge in [0.1, 0.15) is 0 Å². The van der Waals surface area contributed by atoms with Gasteiger partial charge in [-0.05, 0) is 37.7 Å². The third-order valence-electron chi connectivity index (χ3n) is 4.60. The van der Waals surface area contributed by atoms with Gasteiger partial charge in [0.25, 0.3) is 0 Å². The maximum Gasteiger partial charge on any atom is 0.0570 e. The molecule has 2 heterocycles. The first kappa shape index (κ1) is 12.2. The van der Waals surface area contributed by atoms with E-state index in [9.17, 15) is 5.11 Å². The van der Waals surface area contributed by atoms with Crippen LogP contribution in [0.1, 0.15) is 37.7 Å². The molecule has 2 bridgehead atoms. The van der Waals surface area contributed by atoms with Crippen LogP contribution in [0.25, 0.3) is 0 Å². The molecule has 2 fully saturated rings. The third kappa shape index (κ3) is 2.60. The van der Waals surface area contributed by atoms with Crippen LogP contribution in [-0.4, -0.2) is 34.7 Å². The summed E-state index contributed by atoms with van der Waals surface area (Å²) in [6, 6.07) is 12.0.